The second-order valence-electron chi connectivity index (χ2n) is 21.5. The number of hydrogen-bond acceptors (Lipinski definition) is 3. The zero-order chi connectivity index (χ0) is 50.8. The van der Waals surface area contributed by atoms with Crippen LogP contribution in [0.15, 0.2) is 213 Å². The minimum absolute atomic E-state index is 0.189. The van der Waals surface area contributed by atoms with Crippen LogP contribution in [0.3, 0.4) is 0 Å². The fourth-order valence-corrected chi connectivity index (χ4v) is 11.2. The van der Waals surface area contributed by atoms with Crippen molar-refractivity contribution >= 4 is 39.7 Å². The average Bonchev–Trinajstić information content (AvgIpc) is 3.76. The van der Waals surface area contributed by atoms with Gasteiger partial charge >= 0.3 is 0 Å². The molecule has 9 aromatic carbocycles. The molecule has 0 aliphatic heterocycles. The molecule has 0 atom stereocenters. The standard InChI is InChI=1S/C70H64N2O/c1-45-11-25-54(26-12-45)71(55-27-13-46(2)14-28-55)58-33-39-63-61-37-23-52(41-65(61)69(7,8)67(63)43-58)49(5)19-20-50(6)73-60-35-21-51(22-36-60)53-24-38-62-64-40-34-59(44-68(64)70(9,10)66(62)42-53)72(56-29-15-47(3)16-30-56)57-31-17-48(4)18-32-57/h11-18,21-44H,5-6,19-20H2,1-4,7-10H3. The summed E-state index contributed by atoms with van der Waals surface area (Å²) in [5.74, 6) is 1.51. The van der Waals surface area contributed by atoms with Crippen molar-refractivity contribution in [2.45, 2.75) is 79.1 Å². The topological polar surface area (TPSA) is 15.7 Å². The molecule has 2 aliphatic carbocycles. The summed E-state index contributed by atoms with van der Waals surface area (Å²) < 4.78 is 6.36. The van der Waals surface area contributed by atoms with Gasteiger partial charge in [-0.05, 0) is 198 Å². The third-order valence-electron chi connectivity index (χ3n) is 15.6. The number of hydrogen-bond donors (Lipinski definition) is 0. The molecule has 0 fully saturated rings. The van der Waals surface area contributed by atoms with Gasteiger partial charge in [0, 0.05) is 51.4 Å². The molecule has 0 bridgehead atoms. The number of aryl methyl sites for hydroxylation is 4. The van der Waals surface area contributed by atoms with Gasteiger partial charge in [-0.1, -0.05) is 160 Å². The highest BCUT2D eigenvalue weighted by atomic mass is 16.5. The lowest BCUT2D eigenvalue weighted by atomic mass is 9.81. The fourth-order valence-electron chi connectivity index (χ4n) is 11.2. The number of allylic oxidation sites excluding steroid dienone is 2. The predicted octanol–water partition coefficient (Wildman–Crippen LogP) is 19.5. The van der Waals surface area contributed by atoms with Crippen molar-refractivity contribution < 1.29 is 4.74 Å². The number of rotatable bonds is 13. The molecule has 0 amide bonds. The summed E-state index contributed by atoms with van der Waals surface area (Å²) in [6.45, 7) is 26.9. The van der Waals surface area contributed by atoms with Crippen molar-refractivity contribution in [1.29, 1.82) is 0 Å². The van der Waals surface area contributed by atoms with Crippen molar-refractivity contribution in [1.82, 2.24) is 0 Å². The van der Waals surface area contributed by atoms with Crippen LogP contribution in [0.5, 0.6) is 5.75 Å². The van der Waals surface area contributed by atoms with Gasteiger partial charge in [-0.2, -0.15) is 0 Å². The van der Waals surface area contributed by atoms with Gasteiger partial charge < -0.3 is 14.5 Å². The summed E-state index contributed by atoms with van der Waals surface area (Å²) in [4.78, 5) is 4.74. The van der Waals surface area contributed by atoms with Crippen LogP contribution in [0, 0.1) is 27.7 Å². The first-order valence-electron chi connectivity index (χ1n) is 25.7. The van der Waals surface area contributed by atoms with Gasteiger partial charge in [-0.15, -0.1) is 0 Å². The van der Waals surface area contributed by atoms with E-state index in [-0.39, 0.29) is 10.8 Å². The molecule has 3 nitrogen and oxygen atoms in total. The maximum Gasteiger partial charge on any atom is 0.126 e. The summed E-state index contributed by atoms with van der Waals surface area (Å²) in [6, 6.07) is 71.5. The number of benzene rings is 9. The molecule has 0 spiro atoms. The van der Waals surface area contributed by atoms with E-state index in [2.05, 4.69) is 272 Å². The Labute approximate surface area is 433 Å². The van der Waals surface area contributed by atoms with E-state index < -0.39 is 0 Å². The Hall–Kier alpha value is -8.14. The van der Waals surface area contributed by atoms with Crippen molar-refractivity contribution in [2.75, 3.05) is 9.80 Å². The van der Waals surface area contributed by atoms with Gasteiger partial charge in [0.25, 0.3) is 0 Å². The van der Waals surface area contributed by atoms with Crippen LogP contribution in [0.25, 0.3) is 39.0 Å². The Morgan fingerprint density at radius 3 is 1.14 bits per heavy atom. The molecule has 0 radical (unpaired) electrons. The molecular weight excluding hydrogens is 885 g/mol. The third-order valence-corrected chi connectivity index (χ3v) is 15.6. The minimum Gasteiger partial charge on any atom is -0.462 e. The van der Waals surface area contributed by atoms with Gasteiger partial charge in [0.1, 0.15) is 5.75 Å². The first-order chi connectivity index (χ1) is 35.1. The zero-order valence-electron chi connectivity index (χ0n) is 43.6. The van der Waals surface area contributed by atoms with Crippen LogP contribution in [0.2, 0.25) is 0 Å². The largest absolute Gasteiger partial charge is 0.462 e. The van der Waals surface area contributed by atoms with Crippen LogP contribution in [-0.2, 0) is 10.8 Å². The third kappa shape index (κ3) is 8.78. The van der Waals surface area contributed by atoms with Gasteiger partial charge in [0.05, 0.1) is 5.76 Å². The van der Waals surface area contributed by atoms with E-state index in [4.69, 9.17) is 4.74 Å². The summed E-state index contributed by atoms with van der Waals surface area (Å²) in [5.41, 5.74) is 26.6. The first-order valence-corrected chi connectivity index (χ1v) is 25.7. The van der Waals surface area contributed by atoms with Crippen LogP contribution in [0.1, 0.15) is 90.6 Å². The lowest BCUT2D eigenvalue weighted by Gasteiger charge is -2.28. The molecule has 0 N–H and O–H groups in total. The molecule has 9 aromatic rings. The lowest BCUT2D eigenvalue weighted by molar-refractivity contribution is 0.408. The Kier molecular flexibility index (Phi) is 11.9. The summed E-state index contributed by atoms with van der Waals surface area (Å²) in [7, 11) is 0. The molecule has 73 heavy (non-hydrogen) atoms. The first kappa shape index (κ1) is 47.2. The summed E-state index contributed by atoms with van der Waals surface area (Å²) >= 11 is 0. The van der Waals surface area contributed by atoms with Crippen LogP contribution >= 0.6 is 0 Å². The smallest absolute Gasteiger partial charge is 0.126 e. The van der Waals surface area contributed by atoms with Gasteiger partial charge in [0.2, 0.25) is 0 Å². The maximum atomic E-state index is 6.36. The molecule has 0 aromatic heterocycles. The molecule has 3 heteroatoms. The fraction of sp³-hybridized carbons (Fsp3) is 0.171. The second-order valence-corrected chi connectivity index (χ2v) is 21.5. The average molecular weight is 949 g/mol. The van der Waals surface area contributed by atoms with Crippen LogP contribution < -0.4 is 14.5 Å². The minimum atomic E-state index is -0.195. The SMILES string of the molecule is C=C(CCC(=C)c1ccc2c(c1)C(C)(C)c1cc(N(c3ccc(C)cc3)c3ccc(C)cc3)ccc1-2)Oc1ccc(-c2ccc3c(c2)C(C)(C)c2cc(N(c4ccc(C)cc4)c4ccc(C)cc4)ccc2-3)cc1. The number of anilines is 6. The second kappa shape index (κ2) is 18.5. The predicted molar refractivity (Wildman–Crippen MR) is 310 cm³/mol. The lowest BCUT2D eigenvalue weighted by Crippen LogP contribution is -2.17. The molecule has 0 unspecified atom stereocenters. The number of ether oxygens (including phenoxy) is 1. The molecule has 0 saturated carbocycles. The summed E-state index contributed by atoms with van der Waals surface area (Å²) in [6.07, 6.45) is 1.43. The van der Waals surface area contributed by atoms with Gasteiger partial charge in [0.15, 0.2) is 0 Å². The molecule has 0 heterocycles. The number of fused-ring (bicyclic) bond motifs is 6. The van der Waals surface area contributed by atoms with Crippen molar-refractivity contribution in [3.63, 3.8) is 0 Å². The highest BCUT2D eigenvalue weighted by Crippen LogP contribution is 2.53. The van der Waals surface area contributed by atoms with Crippen LogP contribution in [-0.4, -0.2) is 0 Å². The van der Waals surface area contributed by atoms with Crippen LogP contribution in [0.4, 0.5) is 34.1 Å². The van der Waals surface area contributed by atoms with E-state index in [9.17, 15) is 0 Å². The normalized spacial score (nSPS) is 13.4. The van der Waals surface area contributed by atoms with E-state index in [0.29, 0.717) is 6.42 Å². The highest BCUT2D eigenvalue weighted by Gasteiger charge is 2.38. The van der Waals surface area contributed by atoms with Crippen molar-refractivity contribution in [3.05, 3.63) is 263 Å². The summed E-state index contributed by atoms with van der Waals surface area (Å²) in [5, 5.41) is 0. The quantitative estimate of drug-likeness (QED) is 0.107. The molecule has 2 aliphatic rings. The van der Waals surface area contributed by atoms with E-state index in [1.54, 1.807) is 0 Å². The Bertz CT molecular complexity index is 3480. The van der Waals surface area contributed by atoms with E-state index in [0.717, 1.165) is 68.8 Å². The van der Waals surface area contributed by atoms with Gasteiger partial charge in [-0.25, -0.2) is 0 Å². The molecule has 0 saturated heterocycles. The van der Waals surface area contributed by atoms with E-state index >= 15 is 0 Å². The zero-order valence-corrected chi connectivity index (χ0v) is 43.6. The Balaban J connectivity index is 0.756. The van der Waals surface area contributed by atoms with E-state index in [1.165, 1.54) is 72.3 Å². The molecule has 360 valence electrons. The van der Waals surface area contributed by atoms with Gasteiger partial charge in [-0.3, -0.25) is 0 Å². The Morgan fingerprint density at radius 1 is 0.370 bits per heavy atom. The highest BCUT2D eigenvalue weighted by molar-refractivity contribution is 5.89. The van der Waals surface area contributed by atoms with Crippen molar-refractivity contribution in [2.24, 2.45) is 0 Å². The monoisotopic (exact) mass is 949 g/mol. The number of nitrogens with zero attached hydrogens (tertiary/aromatic N) is 2. The van der Waals surface area contributed by atoms with Crippen molar-refractivity contribution in [3.8, 4) is 39.1 Å². The molecular formula is C70H64N2O. The Morgan fingerprint density at radius 2 is 0.712 bits per heavy atom. The molecule has 11 rings (SSSR count). The maximum absolute atomic E-state index is 6.36. The van der Waals surface area contributed by atoms with E-state index in [1.807, 2.05) is 0 Å².